The molecule has 1 aliphatic heterocycles. The van der Waals surface area contributed by atoms with Gasteiger partial charge in [0.2, 0.25) is 11.8 Å². The fraction of sp³-hybridized carbons (Fsp3) is 0.550. The molecule has 0 aliphatic carbocycles. The molecule has 1 aromatic rings. The summed E-state index contributed by atoms with van der Waals surface area (Å²) in [5.74, 6) is 1.23. The zero-order valence-electron chi connectivity index (χ0n) is 17.0. The van der Waals surface area contributed by atoms with Crippen LogP contribution < -0.4 is 10.6 Å². The van der Waals surface area contributed by atoms with Crippen LogP contribution in [-0.2, 0) is 16.0 Å². The number of benzene rings is 1. The Morgan fingerprint density at radius 3 is 2.61 bits per heavy atom. The van der Waals surface area contributed by atoms with Gasteiger partial charge in [-0.05, 0) is 12.0 Å². The minimum absolute atomic E-state index is 0. The number of hydrogen-bond donors (Lipinski definition) is 2. The van der Waals surface area contributed by atoms with E-state index in [-0.39, 0.29) is 41.7 Å². The number of hydrogen-bond acceptors (Lipinski definition) is 3. The third-order valence-electron chi connectivity index (χ3n) is 4.72. The normalized spacial score (nSPS) is 16.5. The lowest BCUT2D eigenvalue weighted by molar-refractivity contribution is -0.129. The van der Waals surface area contributed by atoms with E-state index in [1.54, 1.807) is 26.0 Å². The van der Waals surface area contributed by atoms with Crippen LogP contribution in [0.4, 0.5) is 0 Å². The van der Waals surface area contributed by atoms with Gasteiger partial charge in [0.05, 0.1) is 0 Å². The summed E-state index contributed by atoms with van der Waals surface area (Å²) >= 11 is 0. The number of amides is 2. The molecule has 0 aromatic heterocycles. The van der Waals surface area contributed by atoms with E-state index in [0.29, 0.717) is 31.9 Å². The van der Waals surface area contributed by atoms with Crippen molar-refractivity contribution in [3.63, 3.8) is 0 Å². The summed E-state index contributed by atoms with van der Waals surface area (Å²) in [6.07, 6.45) is 1.87. The van der Waals surface area contributed by atoms with Crippen molar-refractivity contribution in [3.05, 3.63) is 35.9 Å². The second kappa shape index (κ2) is 12.6. The van der Waals surface area contributed by atoms with Crippen LogP contribution in [0.1, 0.15) is 18.4 Å². The third kappa shape index (κ3) is 8.04. The van der Waals surface area contributed by atoms with Crippen molar-refractivity contribution in [3.8, 4) is 0 Å². The highest BCUT2D eigenvalue weighted by Crippen LogP contribution is 2.17. The molecule has 1 unspecified atom stereocenters. The average molecular weight is 501 g/mol. The molecule has 7 nitrogen and oxygen atoms in total. The highest BCUT2D eigenvalue weighted by molar-refractivity contribution is 14.0. The molecule has 0 spiro atoms. The molecule has 1 saturated heterocycles. The number of likely N-dealkylation sites (tertiary alicyclic amines) is 1. The first kappa shape index (κ1) is 24.2. The van der Waals surface area contributed by atoms with Gasteiger partial charge in [-0.2, -0.15) is 0 Å². The molecular formula is C20H32IN5O2. The van der Waals surface area contributed by atoms with Gasteiger partial charge in [0.25, 0.3) is 0 Å². The number of carbonyl (C=O) groups excluding carboxylic acids is 2. The van der Waals surface area contributed by atoms with E-state index in [0.717, 1.165) is 19.5 Å². The number of rotatable bonds is 8. The summed E-state index contributed by atoms with van der Waals surface area (Å²) in [6.45, 7) is 2.76. The maximum absolute atomic E-state index is 12.2. The van der Waals surface area contributed by atoms with Crippen molar-refractivity contribution >= 4 is 41.8 Å². The molecule has 2 amide bonds. The van der Waals surface area contributed by atoms with E-state index in [4.69, 9.17) is 0 Å². The quantitative estimate of drug-likeness (QED) is 0.320. The van der Waals surface area contributed by atoms with Gasteiger partial charge >= 0.3 is 0 Å². The van der Waals surface area contributed by atoms with Gasteiger partial charge in [0, 0.05) is 66.1 Å². The zero-order chi connectivity index (χ0) is 19.6. The monoisotopic (exact) mass is 501 g/mol. The number of aliphatic imine (C=N–C) groups is 1. The Kier molecular flexibility index (Phi) is 10.9. The number of carbonyl (C=O) groups is 2. The third-order valence-corrected chi connectivity index (χ3v) is 4.72. The van der Waals surface area contributed by atoms with Gasteiger partial charge in [0.15, 0.2) is 5.96 Å². The molecule has 1 aliphatic rings. The highest BCUT2D eigenvalue weighted by atomic mass is 127. The van der Waals surface area contributed by atoms with Gasteiger partial charge < -0.3 is 20.4 Å². The highest BCUT2D eigenvalue weighted by Gasteiger charge is 2.29. The second-order valence-corrected chi connectivity index (χ2v) is 7.06. The van der Waals surface area contributed by atoms with Crippen molar-refractivity contribution in [2.75, 3.05) is 47.3 Å². The number of halogens is 1. The SMILES string of the molecule is CN=C(NCCC(=O)N(C)C)NCC1CC(=O)N(CCc2ccccc2)C1.I. The lowest BCUT2D eigenvalue weighted by atomic mass is 10.1. The predicted octanol–water partition coefficient (Wildman–Crippen LogP) is 1.34. The minimum atomic E-state index is 0. The first-order chi connectivity index (χ1) is 13.0. The van der Waals surface area contributed by atoms with Gasteiger partial charge in [0.1, 0.15) is 0 Å². The van der Waals surface area contributed by atoms with Crippen molar-refractivity contribution in [2.45, 2.75) is 19.3 Å². The van der Waals surface area contributed by atoms with Gasteiger partial charge in [-0.25, -0.2) is 0 Å². The van der Waals surface area contributed by atoms with Crippen molar-refractivity contribution in [1.29, 1.82) is 0 Å². The van der Waals surface area contributed by atoms with Crippen LogP contribution in [0.25, 0.3) is 0 Å². The van der Waals surface area contributed by atoms with E-state index >= 15 is 0 Å². The number of guanidine groups is 1. The Morgan fingerprint density at radius 1 is 1.25 bits per heavy atom. The molecule has 2 N–H and O–H groups in total. The minimum Gasteiger partial charge on any atom is -0.356 e. The number of nitrogens with zero attached hydrogens (tertiary/aromatic N) is 3. The van der Waals surface area contributed by atoms with Crippen LogP contribution in [0.15, 0.2) is 35.3 Å². The summed E-state index contributed by atoms with van der Waals surface area (Å²) in [5, 5.41) is 6.41. The fourth-order valence-corrected chi connectivity index (χ4v) is 3.09. The van der Waals surface area contributed by atoms with Crippen LogP contribution in [0, 0.1) is 5.92 Å². The van der Waals surface area contributed by atoms with Crippen molar-refractivity contribution < 1.29 is 9.59 Å². The topological polar surface area (TPSA) is 77.0 Å². The summed E-state index contributed by atoms with van der Waals surface area (Å²) in [7, 11) is 5.20. The van der Waals surface area contributed by atoms with Gasteiger partial charge in [-0.15, -0.1) is 24.0 Å². The van der Waals surface area contributed by atoms with E-state index in [1.807, 2.05) is 23.1 Å². The molecule has 8 heteroatoms. The first-order valence-electron chi connectivity index (χ1n) is 9.46. The predicted molar refractivity (Wildman–Crippen MR) is 123 cm³/mol. The van der Waals surface area contributed by atoms with Crippen molar-refractivity contribution in [2.24, 2.45) is 10.9 Å². The Bertz CT molecular complexity index is 651. The molecule has 2 rings (SSSR count). The molecule has 1 aromatic carbocycles. The molecular weight excluding hydrogens is 469 g/mol. The van der Waals surface area contributed by atoms with Crippen LogP contribution in [0.5, 0.6) is 0 Å². The Hall–Kier alpha value is -1.84. The Morgan fingerprint density at radius 2 is 1.96 bits per heavy atom. The van der Waals surface area contributed by atoms with Gasteiger partial charge in [-0.1, -0.05) is 30.3 Å². The van der Waals surface area contributed by atoms with Crippen LogP contribution in [0.2, 0.25) is 0 Å². The summed E-state index contributed by atoms with van der Waals surface area (Å²) in [6, 6.07) is 10.2. The fourth-order valence-electron chi connectivity index (χ4n) is 3.09. The smallest absolute Gasteiger partial charge is 0.223 e. The van der Waals surface area contributed by atoms with Crippen molar-refractivity contribution in [1.82, 2.24) is 20.4 Å². The maximum atomic E-state index is 12.2. The largest absolute Gasteiger partial charge is 0.356 e. The van der Waals surface area contributed by atoms with Crippen LogP contribution >= 0.6 is 24.0 Å². The standard InChI is InChI=1S/C20H31N5O2.HI/c1-21-20(22-11-9-18(26)24(2)3)23-14-17-13-19(27)25(15-17)12-10-16-7-5-4-6-8-16;/h4-8,17H,9-15H2,1-3H3,(H2,21,22,23);1H. The van der Waals surface area contributed by atoms with Crippen LogP contribution in [-0.4, -0.2) is 74.9 Å². The van der Waals surface area contributed by atoms with Gasteiger partial charge in [-0.3, -0.25) is 14.6 Å². The molecule has 0 bridgehead atoms. The van der Waals surface area contributed by atoms with Crippen LogP contribution in [0.3, 0.4) is 0 Å². The summed E-state index contributed by atoms with van der Waals surface area (Å²) in [4.78, 5) is 31.5. The van der Waals surface area contributed by atoms with E-state index < -0.39 is 0 Å². The maximum Gasteiger partial charge on any atom is 0.223 e. The Labute approximate surface area is 185 Å². The molecule has 28 heavy (non-hydrogen) atoms. The lowest BCUT2D eigenvalue weighted by Gasteiger charge is -2.18. The molecule has 0 radical (unpaired) electrons. The molecule has 0 saturated carbocycles. The second-order valence-electron chi connectivity index (χ2n) is 7.06. The molecule has 1 fully saturated rings. The zero-order valence-corrected chi connectivity index (χ0v) is 19.3. The van der Waals surface area contributed by atoms with E-state index in [1.165, 1.54) is 5.56 Å². The lowest BCUT2D eigenvalue weighted by Crippen LogP contribution is -2.41. The molecule has 156 valence electrons. The Balaban J connectivity index is 0.00000392. The summed E-state index contributed by atoms with van der Waals surface area (Å²) < 4.78 is 0. The average Bonchev–Trinajstić information content (AvgIpc) is 3.03. The van der Waals surface area contributed by atoms with E-state index in [2.05, 4.69) is 27.8 Å². The van der Waals surface area contributed by atoms with E-state index in [9.17, 15) is 9.59 Å². The summed E-state index contributed by atoms with van der Waals surface area (Å²) in [5.41, 5.74) is 1.25. The number of nitrogens with one attached hydrogen (secondary N) is 2. The molecule has 1 atom stereocenters. The molecule has 1 heterocycles. The first-order valence-corrected chi connectivity index (χ1v) is 9.46.